The summed E-state index contributed by atoms with van der Waals surface area (Å²) in [6, 6.07) is 10.1. The molecule has 0 atom stereocenters. The van der Waals surface area contributed by atoms with E-state index in [0.29, 0.717) is 18.2 Å². The van der Waals surface area contributed by atoms with Gasteiger partial charge in [-0.1, -0.05) is 29.8 Å². The number of nitrogens with zero attached hydrogens (tertiary/aromatic N) is 4. The minimum atomic E-state index is 0.589. The molecule has 0 aliphatic heterocycles. The van der Waals surface area contributed by atoms with Crippen LogP contribution in [0.4, 0.5) is 11.6 Å². The van der Waals surface area contributed by atoms with Crippen LogP contribution in [0.1, 0.15) is 17.0 Å². The van der Waals surface area contributed by atoms with Crippen LogP contribution in [-0.2, 0) is 6.54 Å². The molecule has 0 radical (unpaired) electrons. The van der Waals surface area contributed by atoms with Crippen molar-refractivity contribution in [3.63, 3.8) is 0 Å². The van der Waals surface area contributed by atoms with E-state index in [9.17, 15) is 0 Å². The van der Waals surface area contributed by atoms with Crippen LogP contribution < -0.4 is 10.2 Å². The number of aryl methyl sites for hydroxylation is 2. The average Bonchev–Trinajstić information content (AvgIpc) is 2.45. The minimum absolute atomic E-state index is 0.589. The second-order valence-electron chi connectivity index (χ2n) is 4.66. The second kappa shape index (κ2) is 6.02. The van der Waals surface area contributed by atoms with Crippen LogP contribution in [-0.4, -0.2) is 17.0 Å². The standard InChI is InChI=1S/C15H17N5/c1-11-4-6-13(7-5-11)9-17-14-8-15(20(3)10-16)19-12(2)18-14/h4-8H,9H2,1-3H3,(H,17,18,19). The molecule has 2 aromatic rings. The van der Waals surface area contributed by atoms with Crippen molar-refractivity contribution < 1.29 is 0 Å². The van der Waals surface area contributed by atoms with Crippen LogP contribution >= 0.6 is 0 Å². The van der Waals surface area contributed by atoms with Gasteiger partial charge in [0.2, 0.25) is 0 Å². The number of aromatic nitrogens is 2. The molecule has 5 nitrogen and oxygen atoms in total. The predicted octanol–water partition coefficient (Wildman–Crippen LogP) is 2.62. The smallest absolute Gasteiger partial charge is 0.185 e. The van der Waals surface area contributed by atoms with Crippen LogP contribution in [0, 0.1) is 25.3 Å². The van der Waals surface area contributed by atoms with Gasteiger partial charge in [-0.05, 0) is 19.4 Å². The molecule has 0 aliphatic carbocycles. The molecule has 0 spiro atoms. The number of anilines is 2. The van der Waals surface area contributed by atoms with Gasteiger partial charge in [-0.3, -0.25) is 4.90 Å². The fourth-order valence-electron chi connectivity index (χ4n) is 1.76. The quantitative estimate of drug-likeness (QED) is 0.681. The van der Waals surface area contributed by atoms with Crippen molar-refractivity contribution in [1.82, 2.24) is 9.97 Å². The van der Waals surface area contributed by atoms with E-state index in [1.165, 1.54) is 16.0 Å². The third kappa shape index (κ3) is 3.45. The van der Waals surface area contributed by atoms with Crippen molar-refractivity contribution in [2.24, 2.45) is 0 Å². The molecular weight excluding hydrogens is 250 g/mol. The first-order chi connectivity index (χ1) is 9.58. The van der Waals surface area contributed by atoms with Crippen molar-refractivity contribution in [2.45, 2.75) is 20.4 Å². The van der Waals surface area contributed by atoms with Gasteiger partial charge >= 0.3 is 0 Å². The highest BCUT2D eigenvalue weighted by molar-refractivity contribution is 5.51. The average molecular weight is 267 g/mol. The number of benzene rings is 1. The van der Waals surface area contributed by atoms with Crippen LogP contribution in [0.5, 0.6) is 0 Å². The fraction of sp³-hybridized carbons (Fsp3) is 0.267. The van der Waals surface area contributed by atoms with Gasteiger partial charge in [0, 0.05) is 19.7 Å². The fourth-order valence-corrected chi connectivity index (χ4v) is 1.76. The molecule has 1 aromatic heterocycles. The molecule has 1 heterocycles. The van der Waals surface area contributed by atoms with Gasteiger partial charge in [0.25, 0.3) is 0 Å². The normalized spacial score (nSPS) is 9.90. The molecule has 5 heteroatoms. The molecule has 0 saturated carbocycles. The summed E-state index contributed by atoms with van der Waals surface area (Å²) >= 11 is 0. The zero-order chi connectivity index (χ0) is 14.5. The Kier molecular flexibility index (Phi) is 4.16. The van der Waals surface area contributed by atoms with E-state index in [1.807, 2.05) is 13.1 Å². The summed E-state index contributed by atoms with van der Waals surface area (Å²) < 4.78 is 0. The lowest BCUT2D eigenvalue weighted by Gasteiger charge is -2.11. The van der Waals surface area contributed by atoms with Gasteiger partial charge in [0.05, 0.1) is 0 Å². The van der Waals surface area contributed by atoms with Crippen LogP contribution in [0.2, 0.25) is 0 Å². The molecule has 102 valence electrons. The first kappa shape index (κ1) is 13.8. The largest absolute Gasteiger partial charge is 0.366 e. The van der Waals surface area contributed by atoms with Crippen molar-refractivity contribution in [2.75, 3.05) is 17.3 Å². The summed E-state index contributed by atoms with van der Waals surface area (Å²) in [6.45, 7) is 4.56. The van der Waals surface area contributed by atoms with Crippen molar-refractivity contribution in [3.8, 4) is 6.19 Å². The molecule has 0 bridgehead atoms. The van der Waals surface area contributed by atoms with E-state index in [0.717, 1.165) is 5.82 Å². The summed E-state index contributed by atoms with van der Waals surface area (Å²) in [5.41, 5.74) is 2.42. The summed E-state index contributed by atoms with van der Waals surface area (Å²) in [5.74, 6) is 1.94. The Labute approximate surface area is 118 Å². The third-order valence-corrected chi connectivity index (χ3v) is 2.91. The van der Waals surface area contributed by atoms with E-state index < -0.39 is 0 Å². The molecule has 0 unspecified atom stereocenters. The molecule has 0 amide bonds. The number of nitriles is 1. The number of hydrogen-bond donors (Lipinski definition) is 1. The summed E-state index contributed by atoms with van der Waals surface area (Å²) in [5, 5.41) is 12.2. The maximum atomic E-state index is 8.90. The maximum Gasteiger partial charge on any atom is 0.185 e. The molecule has 0 aliphatic rings. The lowest BCUT2D eigenvalue weighted by molar-refractivity contribution is 0.996. The first-order valence-electron chi connectivity index (χ1n) is 6.37. The highest BCUT2D eigenvalue weighted by Crippen LogP contribution is 2.15. The molecule has 2 rings (SSSR count). The van der Waals surface area contributed by atoms with E-state index in [-0.39, 0.29) is 0 Å². The summed E-state index contributed by atoms with van der Waals surface area (Å²) in [6.07, 6.45) is 2.03. The topological polar surface area (TPSA) is 64.8 Å². The lowest BCUT2D eigenvalue weighted by atomic mass is 10.1. The van der Waals surface area contributed by atoms with E-state index in [4.69, 9.17) is 5.26 Å². The highest BCUT2D eigenvalue weighted by atomic mass is 15.2. The molecule has 1 N–H and O–H groups in total. The van der Waals surface area contributed by atoms with Crippen molar-refractivity contribution in [1.29, 1.82) is 5.26 Å². The number of nitrogens with one attached hydrogen (secondary N) is 1. The zero-order valence-electron chi connectivity index (χ0n) is 11.9. The van der Waals surface area contributed by atoms with E-state index >= 15 is 0 Å². The molecule has 1 aromatic carbocycles. The summed E-state index contributed by atoms with van der Waals surface area (Å²) in [7, 11) is 1.67. The lowest BCUT2D eigenvalue weighted by Crippen LogP contribution is -2.12. The first-order valence-corrected chi connectivity index (χ1v) is 6.37. The van der Waals surface area contributed by atoms with Crippen molar-refractivity contribution >= 4 is 11.6 Å². The molecular formula is C15H17N5. The third-order valence-electron chi connectivity index (χ3n) is 2.91. The van der Waals surface area contributed by atoms with Gasteiger partial charge in [0.1, 0.15) is 17.5 Å². The Morgan fingerprint density at radius 3 is 2.55 bits per heavy atom. The van der Waals surface area contributed by atoms with Gasteiger partial charge in [-0.15, -0.1) is 0 Å². The SMILES string of the molecule is Cc1ccc(CNc2cc(N(C)C#N)nc(C)n2)cc1. The van der Waals surface area contributed by atoms with Crippen LogP contribution in [0.15, 0.2) is 30.3 Å². The zero-order valence-corrected chi connectivity index (χ0v) is 11.9. The van der Waals surface area contributed by atoms with Crippen LogP contribution in [0.25, 0.3) is 0 Å². The minimum Gasteiger partial charge on any atom is -0.366 e. The highest BCUT2D eigenvalue weighted by Gasteiger charge is 2.05. The van der Waals surface area contributed by atoms with Crippen LogP contribution in [0.3, 0.4) is 0 Å². The maximum absolute atomic E-state index is 8.90. The monoisotopic (exact) mass is 267 g/mol. The number of rotatable bonds is 4. The summed E-state index contributed by atoms with van der Waals surface area (Å²) in [4.78, 5) is 9.96. The van der Waals surface area contributed by atoms with E-state index in [2.05, 4.69) is 46.5 Å². The number of hydrogen-bond acceptors (Lipinski definition) is 5. The molecule has 0 fully saturated rings. The van der Waals surface area contributed by atoms with Gasteiger partial charge in [-0.2, -0.15) is 5.26 Å². The Bertz CT molecular complexity index is 628. The molecule has 0 saturated heterocycles. The Balaban J connectivity index is 2.11. The van der Waals surface area contributed by atoms with Gasteiger partial charge < -0.3 is 5.32 Å². The van der Waals surface area contributed by atoms with Gasteiger partial charge in [-0.25, -0.2) is 9.97 Å². The second-order valence-corrected chi connectivity index (χ2v) is 4.66. The van der Waals surface area contributed by atoms with E-state index in [1.54, 1.807) is 13.1 Å². The predicted molar refractivity (Wildman–Crippen MR) is 79.3 cm³/mol. The Hall–Kier alpha value is -2.61. The van der Waals surface area contributed by atoms with Gasteiger partial charge in [0.15, 0.2) is 6.19 Å². The molecule has 20 heavy (non-hydrogen) atoms. The Morgan fingerprint density at radius 2 is 1.90 bits per heavy atom. The van der Waals surface area contributed by atoms with Crippen molar-refractivity contribution in [3.05, 3.63) is 47.3 Å². The Morgan fingerprint density at radius 1 is 1.20 bits per heavy atom.